The Labute approximate surface area is 126 Å². The maximum atomic E-state index is 11.3. The van der Waals surface area contributed by atoms with E-state index in [-0.39, 0.29) is 10.7 Å². The Morgan fingerprint density at radius 1 is 1.24 bits per heavy atom. The Bertz CT molecular complexity index is 339. The van der Waals surface area contributed by atoms with Gasteiger partial charge in [-0.3, -0.25) is 14.9 Å². The minimum atomic E-state index is -0.608. The van der Waals surface area contributed by atoms with Crippen LogP contribution in [0.4, 0.5) is 0 Å². The molecule has 0 aromatic rings. The van der Waals surface area contributed by atoms with Gasteiger partial charge in [0.2, 0.25) is 6.04 Å². The average molecular weight is 301 g/mol. The first kappa shape index (κ1) is 18.0. The van der Waals surface area contributed by atoms with E-state index in [0.29, 0.717) is 38.9 Å². The summed E-state index contributed by atoms with van der Waals surface area (Å²) in [6.45, 7) is 5.08. The zero-order chi connectivity index (χ0) is 15.7. The first-order valence-electron chi connectivity index (χ1n) is 7.96. The number of carbonyl (C=O) groups is 1. The number of nitrogens with zero attached hydrogens (tertiary/aromatic N) is 1. The van der Waals surface area contributed by atoms with Gasteiger partial charge in [-0.2, -0.15) is 0 Å². The standard InChI is InChI=1S/C15H27NO5/c1-3-14(17)9-8-13(16(18)19)7-5-6-10-15(4-2)20-11-12-21-15/h13H,3-12H2,1-2H3. The SMILES string of the molecule is CCC(=O)CCC(CCCCC1(CC)OCCO1)[N+](=O)[O-]. The summed E-state index contributed by atoms with van der Waals surface area (Å²) in [5, 5.41) is 11.0. The number of hydrogen-bond acceptors (Lipinski definition) is 5. The van der Waals surface area contributed by atoms with Crippen molar-refractivity contribution in [1.29, 1.82) is 0 Å². The van der Waals surface area contributed by atoms with Crippen LogP contribution in [0.1, 0.15) is 65.2 Å². The molecule has 0 N–H and O–H groups in total. The quantitative estimate of drug-likeness (QED) is 0.333. The molecule has 0 radical (unpaired) electrons. The summed E-state index contributed by atoms with van der Waals surface area (Å²) >= 11 is 0. The number of rotatable bonds is 11. The van der Waals surface area contributed by atoms with Gasteiger partial charge in [-0.15, -0.1) is 0 Å². The van der Waals surface area contributed by atoms with E-state index in [1.54, 1.807) is 6.92 Å². The summed E-state index contributed by atoms with van der Waals surface area (Å²) in [5.74, 6) is -0.373. The maximum Gasteiger partial charge on any atom is 0.213 e. The molecule has 0 bridgehead atoms. The Hall–Kier alpha value is -1.01. The highest BCUT2D eigenvalue weighted by Gasteiger charge is 2.34. The fourth-order valence-electron chi connectivity index (χ4n) is 2.66. The third-order valence-corrected chi connectivity index (χ3v) is 4.15. The number of Topliss-reactive ketones (excluding diaryl/α,β-unsaturated/α-hetero) is 1. The monoisotopic (exact) mass is 301 g/mol. The molecule has 0 aliphatic carbocycles. The van der Waals surface area contributed by atoms with Gasteiger partial charge in [0.05, 0.1) is 13.2 Å². The molecule has 1 fully saturated rings. The second-order valence-electron chi connectivity index (χ2n) is 5.58. The van der Waals surface area contributed by atoms with Gasteiger partial charge in [-0.25, -0.2) is 0 Å². The molecule has 1 aliphatic rings. The molecule has 6 heteroatoms. The number of hydrogen-bond donors (Lipinski definition) is 0. The molecule has 0 saturated carbocycles. The van der Waals surface area contributed by atoms with Crippen LogP contribution >= 0.6 is 0 Å². The van der Waals surface area contributed by atoms with Gasteiger partial charge in [0.1, 0.15) is 5.78 Å². The normalized spacial score (nSPS) is 18.6. The van der Waals surface area contributed by atoms with E-state index in [4.69, 9.17) is 9.47 Å². The Morgan fingerprint density at radius 3 is 2.43 bits per heavy atom. The summed E-state index contributed by atoms with van der Waals surface area (Å²) in [6, 6.07) is -0.608. The van der Waals surface area contributed by atoms with E-state index >= 15 is 0 Å². The van der Waals surface area contributed by atoms with Crippen molar-refractivity contribution in [2.24, 2.45) is 0 Å². The molecule has 0 aromatic heterocycles. The maximum absolute atomic E-state index is 11.3. The highest BCUT2D eigenvalue weighted by molar-refractivity contribution is 5.77. The van der Waals surface area contributed by atoms with Gasteiger partial charge in [0.15, 0.2) is 5.79 Å². The van der Waals surface area contributed by atoms with Crippen LogP contribution in [0.15, 0.2) is 0 Å². The summed E-state index contributed by atoms with van der Waals surface area (Å²) in [7, 11) is 0. The molecule has 0 aromatic carbocycles. The summed E-state index contributed by atoms with van der Waals surface area (Å²) in [6.07, 6.45) is 4.83. The van der Waals surface area contributed by atoms with E-state index in [1.165, 1.54) is 0 Å². The van der Waals surface area contributed by atoms with Gasteiger partial charge in [-0.1, -0.05) is 13.8 Å². The molecular formula is C15H27NO5. The second-order valence-corrected chi connectivity index (χ2v) is 5.58. The van der Waals surface area contributed by atoms with Crippen molar-refractivity contribution in [3.63, 3.8) is 0 Å². The predicted octanol–water partition coefficient (Wildman–Crippen LogP) is 3.10. The van der Waals surface area contributed by atoms with Crippen LogP contribution in [0.3, 0.4) is 0 Å². The van der Waals surface area contributed by atoms with Gasteiger partial charge >= 0.3 is 0 Å². The van der Waals surface area contributed by atoms with Gasteiger partial charge in [0.25, 0.3) is 0 Å². The van der Waals surface area contributed by atoms with Crippen LogP contribution in [-0.4, -0.2) is 35.7 Å². The second kappa shape index (κ2) is 9.10. The number of unbranched alkanes of at least 4 members (excludes halogenated alkanes) is 1. The lowest BCUT2D eigenvalue weighted by Gasteiger charge is -2.25. The fraction of sp³-hybridized carbons (Fsp3) is 0.933. The minimum Gasteiger partial charge on any atom is -0.348 e. The minimum absolute atomic E-state index is 0.0968. The van der Waals surface area contributed by atoms with Crippen molar-refractivity contribution in [1.82, 2.24) is 0 Å². The molecule has 1 aliphatic heterocycles. The Balaban J connectivity index is 2.27. The van der Waals surface area contributed by atoms with Crippen LogP contribution < -0.4 is 0 Å². The van der Waals surface area contributed by atoms with Gasteiger partial charge < -0.3 is 9.47 Å². The lowest BCUT2D eigenvalue weighted by molar-refractivity contribution is -0.524. The number of ether oxygens (including phenoxy) is 2. The first-order valence-corrected chi connectivity index (χ1v) is 7.96. The molecule has 6 nitrogen and oxygen atoms in total. The predicted molar refractivity (Wildman–Crippen MR) is 78.7 cm³/mol. The van der Waals surface area contributed by atoms with Crippen molar-refractivity contribution in [3.05, 3.63) is 10.1 Å². The molecule has 1 saturated heterocycles. The van der Waals surface area contributed by atoms with Crippen LogP contribution in [0.5, 0.6) is 0 Å². The molecule has 1 rings (SSSR count). The average Bonchev–Trinajstić information content (AvgIpc) is 2.95. The van der Waals surface area contributed by atoms with Crippen molar-refractivity contribution < 1.29 is 19.2 Å². The van der Waals surface area contributed by atoms with E-state index in [1.807, 2.05) is 6.92 Å². The Morgan fingerprint density at radius 2 is 1.90 bits per heavy atom. The summed E-state index contributed by atoms with van der Waals surface area (Å²) < 4.78 is 11.3. The number of ketones is 1. The zero-order valence-corrected chi connectivity index (χ0v) is 13.1. The highest BCUT2D eigenvalue weighted by Crippen LogP contribution is 2.29. The molecule has 122 valence electrons. The lowest BCUT2D eigenvalue weighted by Crippen LogP contribution is -2.29. The zero-order valence-electron chi connectivity index (χ0n) is 13.1. The number of nitro groups is 1. The van der Waals surface area contributed by atoms with Crippen LogP contribution in [0, 0.1) is 10.1 Å². The van der Waals surface area contributed by atoms with Gasteiger partial charge in [0, 0.05) is 37.0 Å². The molecule has 1 unspecified atom stereocenters. The molecule has 21 heavy (non-hydrogen) atoms. The van der Waals surface area contributed by atoms with E-state index in [2.05, 4.69) is 0 Å². The molecule has 1 heterocycles. The van der Waals surface area contributed by atoms with E-state index in [0.717, 1.165) is 25.7 Å². The van der Waals surface area contributed by atoms with Crippen molar-refractivity contribution in [2.75, 3.05) is 13.2 Å². The first-order chi connectivity index (χ1) is 10.0. The van der Waals surface area contributed by atoms with E-state index in [9.17, 15) is 14.9 Å². The van der Waals surface area contributed by atoms with Crippen LogP contribution in [-0.2, 0) is 14.3 Å². The summed E-state index contributed by atoms with van der Waals surface area (Å²) in [5.41, 5.74) is 0. The molecular weight excluding hydrogens is 274 g/mol. The summed E-state index contributed by atoms with van der Waals surface area (Å²) in [4.78, 5) is 22.0. The molecule has 1 atom stereocenters. The largest absolute Gasteiger partial charge is 0.348 e. The lowest BCUT2D eigenvalue weighted by atomic mass is 9.99. The van der Waals surface area contributed by atoms with Crippen molar-refractivity contribution in [3.8, 4) is 0 Å². The van der Waals surface area contributed by atoms with E-state index < -0.39 is 11.8 Å². The van der Waals surface area contributed by atoms with Gasteiger partial charge in [-0.05, 0) is 19.3 Å². The van der Waals surface area contributed by atoms with Crippen LogP contribution in [0.2, 0.25) is 0 Å². The Kier molecular flexibility index (Phi) is 7.82. The fourth-order valence-corrected chi connectivity index (χ4v) is 2.66. The highest BCUT2D eigenvalue weighted by atomic mass is 16.7. The number of carbonyl (C=O) groups excluding carboxylic acids is 1. The third kappa shape index (κ3) is 6.09. The smallest absolute Gasteiger partial charge is 0.213 e. The molecule has 0 spiro atoms. The van der Waals surface area contributed by atoms with Crippen LogP contribution in [0.25, 0.3) is 0 Å². The van der Waals surface area contributed by atoms with Crippen molar-refractivity contribution in [2.45, 2.75) is 77.0 Å². The third-order valence-electron chi connectivity index (χ3n) is 4.15. The van der Waals surface area contributed by atoms with Crippen molar-refractivity contribution >= 4 is 5.78 Å². The topological polar surface area (TPSA) is 78.7 Å². The molecule has 0 amide bonds.